The minimum atomic E-state index is -0.136. The molecule has 4 aromatic carbocycles. The lowest BCUT2D eigenvalue weighted by molar-refractivity contribution is 0.304. The second kappa shape index (κ2) is 9.46. The fraction of sp³-hybridized carbons (Fsp3) is 0.0833. The molecule has 4 rings (SSSR count). The van der Waals surface area contributed by atoms with Crippen molar-refractivity contribution in [1.82, 2.24) is 0 Å². The largest absolute Gasteiger partial charge is 0.505 e. The fourth-order valence-electron chi connectivity index (χ4n) is 3.29. The smallest absolute Gasteiger partial charge is 0.152 e. The lowest BCUT2D eigenvalue weighted by atomic mass is 10.0. The van der Waals surface area contributed by atoms with E-state index in [1.165, 1.54) is 0 Å². The molecule has 0 radical (unpaired) electrons. The predicted molar refractivity (Wildman–Crippen MR) is 130 cm³/mol. The molecule has 0 amide bonds. The summed E-state index contributed by atoms with van der Waals surface area (Å²) >= 11 is 24.4. The van der Waals surface area contributed by atoms with Crippen LogP contribution in [0, 0.1) is 0 Å². The van der Waals surface area contributed by atoms with Gasteiger partial charge in [0.1, 0.15) is 12.4 Å². The van der Waals surface area contributed by atoms with E-state index < -0.39 is 0 Å². The first kappa shape index (κ1) is 21.9. The van der Waals surface area contributed by atoms with Crippen molar-refractivity contribution in [1.29, 1.82) is 0 Å². The van der Waals surface area contributed by atoms with Gasteiger partial charge >= 0.3 is 0 Å². The number of benzene rings is 4. The van der Waals surface area contributed by atoms with Crippen LogP contribution in [0.5, 0.6) is 11.5 Å². The number of aromatic hydroxyl groups is 1. The van der Waals surface area contributed by atoms with Crippen molar-refractivity contribution in [3.63, 3.8) is 0 Å². The molecule has 0 aliphatic rings. The highest BCUT2D eigenvalue weighted by Crippen LogP contribution is 2.36. The van der Waals surface area contributed by atoms with Crippen molar-refractivity contribution >= 4 is 62.9 Å². The molecular formula is C24H17Cl4NO2. The van der Waals surface area contributed by atoms with Crippen molar-refractivity contribution < 1.29 is 9.84 Å². The Hall–Kier alpha value is -2.30. The van der Waals surface area contributed by atoms with Crippen LogP contribution in [0.4, 0.5) is 5.69 Å². The van der Waals surface area contributed by atoms with Gasteiger partial charge in [-0.15, -0.1) is 0 Å². The minimum Gasteiger partial charge on any atom is -0.505 e. The number of ether oxygens (including phenoxy) is 1. The SMILES string of the molecule is Oc1c(Cl)cc(NCc2c(OCc3ccc(Cl)cc3Cl)ccc3ccccc23)cc1Cl. The molecule has 7 heteroatoms. The molecule has 0 bridgehead atoms. The van der Waals surface area contributed by atoms with Gasteiger partial charge in [-0.3, -0.25) is 0 Å². The molecule has 0 saturated carbocycles. The summed E-state index contributed by atoms with van der Waals surface area (Å²) in [5.74, 6) is 0.594. The fourth-order valence-corrected chi connectivity index (χ4v) is 4.24. The summed E-state index contributed by atoms with van der Waals surface area (Å²) in [6, 6.07) is 20.6. The van der Waals surface area contributed by atoms with Crippen LogP contribution in [0.1, 0.15) is 11.1 Å². The van der Waals surface area contributed by atoms with Crippen LogP contribution in [-0.2, 0) is 13.2 Å². The maximum atomic E-state index is 9.79. The Balaban J connectivity index is 1.64. The van der Waals surface area contributed by atoms with Crippen molar-refractivity contribution in [2.24, 2.45) is 0 Å². The van der Waals surface area contributed by atoms with Crippen LogP contribution in [0.3, 0.4) is 0 Å². The number of rotatable bonds is 6. The highest BCUT2D eigenvalue weighted by molar-refractivity contribution is 6.37. The van der Waals surface area contributed by atoms with Crippen LogP contribution in [0.2, 0.25) is 20.1 Å². The van der Waals surface area contributed by atoms with Gasteiger partial charge in [0.15, 0.2) is 5.75 Å². The number of halogens is 4. The standard InChI is InChI=1S/C24H17Cl4NO2/c25-16-7-5-15(20(26)9-16)13-31-23-8-6-14-3-1-2-4-18(14)19(23)12-29-17-10-21(27)24(30)22(28)11-17/h1-11,29-30H,12-13H2. The molecular weight excluding hydrogens is 476 g/mol. The van der Waals surface area contributed by atoms with Crippen molar-refractivity contribution in [3.05, 3.63) is 97.9 Å². The summed E-state index contributed by atoms with van der Waals surface area (Å²) in [7, 11) is 0. The van der Waals surface area contributed by atoms with Gasteiger partial charge in [-0.1, -0.05) is 82.8 Å². The number of anilines is 1. The molecule has 0 fully saturated rings. The van der Waals surface area contributed by atoms with Gasteiger partial charge in [0, 0.05) is 33.4 Å². The quantitative estimate of drug-likeness (QED) is 0.265. The lowest BCUT2D eigenvalue weighted by Crippen LogP contribution is -2.05. The Labute approximate surface area is 200 Å². The van der Waals surface area contributed by atoms with E-state index in [4.69, 9.17) is 51.1 Å². The average molecular weight is 493 g/mol. The molecule has 0 spiro atoms. The summed E-state index contributed by atoms with van der Waals surface area (Å²) in [6.07, 6.45) is 0. The monoisotopic (exact) mass is 491 g/mol. The highest BCUT2D eigenvalue weighted by atomic mass is 35.5. The van der Waals surface area contributed by atoms with E-state index >= 15 is 0 Å². The third-order valence-corrected chi connectivity index (χ3v) is 6.05. The zero-order valence-electron chi connectivity index (χ0n) is 16.1. The van der Waals surface area contributed by atoms with E-state index in [1.807, 2.05) is 42.5 Å². The number of hydrogen-bond donors (Lipinski definition) is 2. The molecule has 0 heterocycles. The maximum Gasteiger partial charge on any atom is 0.152 e. The molecule has 0 atom stereocenters. The second-order valence-electron chi connectivity index (χ2n) is 6.93. The summed E-state index contributed by atoms with van der Waals surface area (Å²) in [4.78, 5) is 0. The lowest BCUT2D eigenvalue weighted by Gasteiger charge is -2.16. The van der Waals surface area contributed by atoms with Crippen molar-refractivity contribution in [3.8, 4) is 11.5 Å². The predicted octanol–water partition coefficient (Wildman–Crippen LogP) is 8.35. The Bertz CT molecular complexity index is 1240. The van der Waals surface area contributed by atoms with Gasteiger partial charge in [0.05, 0.1) is 10.0 Å². The van der Waals surface area contributed by atoms with Gasteiger partial charge in [0.2, 0.25) is 0 Å². The van der Waals surface area contributed by atoms with Crippen LogP contribution < -0.4 is 10.1 Å². The molecule has 4 aromatic rings. The molecule has 0 unspecified atom stereocenters. The third-order valence-electron chi connectivity index (χ3n) is 4.88. The van der Waals surface area contributed by atoms with E-state index in [2.05, 4.69) is 5.32 Å². The molecule has 2 N–H and O–H groups in total. The Morgan fingerprint density at radius 1 is 0.806 bits per heavy atom. The van der Waals surface area contributed by atoms with E-state index in [0.717, 1.165) is 27.6 Å². The molecule has 3 nitrogen and oxygen atoms in total. The average Bonchev–Trinajstić information content (AvgIpc) is 2.75. The number of hydrogen-bond acceptors (Lipinski definition) is 3. The number of fused-ring (bicyclic) bond motifs is 1. The Morgan fingerprint density at radius 2 is 1.55 bits per heavy atom. The first-order chi connectivity index (χ1) is 14.9. The highest BCUT2D eigenvalue weighted by Gasteiger charge is 2.12. The summed E-state index contributed by atoms with van der Waals surface area (Å²) in [6.45, 7) is 0.765. The van der Waals surface area contributed by atoms with E-state index in [0.29, 0.717) is 28.9 Å². The molecule has 0 saturated heterocycles. The van der Waals surface area contributed by atoms with Gasteiger partial charge in [-0.05, 0) is 41.1 Å². The van der Waals surface area contributed by atoms with Crippen LogP contribution >= 0.6 is 46.4 Å². The molecule has 0 aliphatic carbocycles. The Morgan fingerprint density at radius 3 is 2.29 bits per heavy atom. The molecule has 0 aromatic heterocycles. The zero-order chi connectivity index (χ0) is 22.0. The summed E-state index contributed by atoms with van der Waals surface area (Å²) in [5.41, 5.74) is 2.51. The number of phenols is 1. The topological polar surface area (TPSA) is 41.5 Å². The van der Waals surface area contributed by atoms with Gasteiger partial charge in [-0.25, -0.2) is 0 Å². The number of phenolic OH excluding ortho intramolecular Hbond substituents is 1. The van der Waals surface area contributed by atoms with E-state index in [1.54, 1.807) is 24.3 Å². The van der Waals surface area contributed by atoms with Crippen molar-refractivity contribution in [2.75, 3.05) is 5.32 Å². The van der Waals surface area contributed by atoms with Gasteiger partial charge < -0.3 is 15.2 Å². The Kier molecular flexibility index (Phi) is 6.68. The second-order valence-corrected chi connectivity index (χ2v) is 8.59. The van der Waals surface area contributed by atoms with Gasteiger partial charge in [0.25, 0.3) is 0 Å². The molecule has 158 valence electrons. The van der Waals surface area contributed by atoms with Crippen molar-refractivity contribution in [2.45, 2.75) is 13.2 Å². The molecule has 0 aliphatic heterocycles. The van der Waals surface area contributed by atoms with Crippen LogP contribution in [0.25, 0.3) is 10.8 Å². The van der Waals surface area contributed by atoms with Crippen LogP contribution in [-0.4, -0.2) is 5.11 Å². The number of nitrogens with one attached hydrogen (secondary N) is 1. The van der Waals surface area contributed by atoms with Crippen LogP contribution in [0.15, 0.2) is 66.7 Å². The van der Waals surface area contributed by atoms with E-state index in [-0.39, 0.29) is 15.8 Å². The molecule has 31 heavy (non-hydrogen) atoms. The maximum absolute atomic E-state index is 9.79. The summed E-state index contributed by atoms with van der Waals surface area (Å²) in [5, 5.41) is 16.8. The minimum absolute atomic E-state index is 0.136. The van der Waals surface area contributed by atoms with E-state index in [9.17, 15) is 5.11 Å². The zero-order valence-corrected chi connectivity index (χ0v) is 19.2. The normalized spacial score (nSPS) is 11.0. The first-order valence-corrected chi connectivity index (χ1v) is 10.9. The third kappa shape index (κ3) is 4.97. The first-order valence-electron chi connectivity index (χ1n) is 9.41. The summed E-state index contributed by atoms with van der Waals surface area (Å²) < 4.78 is 6.15. The van der Waals surface area contributed by atoms with Gasteiger partial charge in [-0.2, -0.15) is 0 Å².